The van der Waals surface area contributed by atoms with Crippen LogP contribution in [0.2, 0.25) is 0 Å². The van der Waals surface area contributed by atoms with Gasteiger partial charge in [0.05, 0.1) is 17.1 Å². The second-order valence-electron chi connectivity index (χ2n) is 9.02. The number of rotatable bonds is 8. The molecule has 0 fully saturated rings. The van der Waals surface area contributed by atoms with Crippen molar-refractivity contribution in [1.29, 1.82) is 0 Å². The highest BCUT2D eigenvalue weighted by Gasteiger charge is 2.28. The van der Waals surface area contributed by atoms with Crippen LogP contribution in [0.4, 0.5) is 17.1 Å². The number of nitrogens with zero attached hydrogens (tertiary/aromatic N) is 3. The highest BCUT2D eigenvalue weighted by atomic mass is 79.9. The lowest BCUT2D eigenvalue weighted by Crippen LogP contribution is -2.39. The largest absolute Gasteiger partial charge is 0.481 e. The van der Waals surface area contributed by atoms with Crippen molar-refractivity contribution in [1.82, 2.24) is 16.6 Å². The molecule has 0 unspecified atom stereocenters. The molecule has 35 heavy (non-hydrogen) atoms. The Labute approximate surface area is 216 Å². The van der Waals surface area contributed by atoms with Gasteiger partial charge in [-0.2, -0.15) is 0 Å². The van der Waals surface area contributed by atoms with Crippen LogP contribution in [-0.2, 0) is 24.3 Å². The predicted octanol–water partition coefficient (Wildman–Crippen LogP) is 5.88. The van der Waals surface area contributed by atoms with Gasteiger partial charge in [0.2, 0.25) is 0 Å². The summed E-state index contributed by atoms with van der Waals surface area (Å²) in [5, 5.41) is 13.2. The molecule has 186 valence electrons. The Hall–Kier alpha value is -2.91. The molecule has 4 rings (SSSR count). The molecule has 0 spiro atoms. The maximum absolute atomic E-state index is 11.1. The Morgan fingerprint density at radius 2 is 1.83 bits per heavy atom. The van der Waals surface area contributed by atoms with E-state index in [-0.39, 0.29) is 12.6 Å². The number of hydrogen-bond acceptors (Lipinski definition) is 6. The van der Waals surface area contributed by atoms with E-state index in [0.717, 1.165) is 45.8 Å². The van der Waals surface area contributed by atoms with Crippen LogP contribution in [-0.4, -0.2) is 30.1 Å². The molecule has 3 aromatic carbocycles. The van der Waals surface area contributed by atoms with Crippen molar-refractivity contribution in [3.8, 4) is 0 Å². The standard InChI is InChI=1S/C27H31BrN4O2.H3N/c1-18-8-11-24(15-22(18)17-30(3)16-20-6-5-7-23(28)14-20)32-27-19(2)21(10-13-26(33)34)9-12-25(27)31(4)29-32;/h5-9,11-12,14-15,29H,10,13,16-17H2,1-4H3,(H,33,34);1H3. The first-order valence-electron chi connectivity index (χ1n) is 11.4. The fourth-order valence-corrected chi connectivity index (χ4v) is 4.94. The molecule has 1 aliphatic rings. The number of benzene rings is 3. The fourth-order valence-electron chi connectivity index (χ4n) is 4.49. The number of carbonyl (C=O) groups is 1. The van der Waals surface area contributed by atoms with Crippen molar-refractivity contribution in [2.24, 2.45) is 0 Å². The van der Waals surface area contributed by atoms with Crippen LogP contribution in [0.15, 0.2) is 59.1 Å². The fraction of sp³-hybridized carbons (Fsp3) is 0.296. The minimum absolute atomic E-state index is 0. The zero-order chi connectivity index (χ0) is 24.4. The van der Waals surface area contributed by atoms with Crippen LogP contribution >= 0.6 is 15.9 Å². The number of aryl methyl sites for hydroxylation is 2. The second kappa shape index (κ2) is 11.2. The zero-order valence-corrected chi connectivity index (χ0v) is 22.4. The SMILES string of the molecule is Cc1ccc(N2NN(C)c3ccc(CCC(=O)O)c(C)c32)cc1CN(C)Cc1cccc(Br)c1.N. The van der Waals surface area contributed by atoms with Crippen molar-refractivity contribution in [2.75, 3.05) is 24.1 Å². The quantitative estimate of drug-likeness (QED) is 0.328. The highest BCUT2D eigenvalue weighted by Crippen LogP contribution is 2.41. The van der Waals surface area contributed by atoms with Gasteiger partial charge in [0.15, 0.2) is 0 Å². The summed E-state index contributed by atoms with van der Waals surface area (Å²) < 4.78 is 1.09. The summed E-state index contributed by atoms with van der Waals surface area (Å²) >= 11 is 3.56. The van der Waals surface area contributed by atoms with Gasteiger partial charge in [-0.3, -0.25) is 19.7 Å². The van der Waals surface area contributed by atoms with Crippen molar-refractivity contribution in [3.63, 3.8) is 0 Å². The molecule has 7 nitrogen and oxygen atoms in total. The number of hydrogen-bond donors (Lipinski definition) is 3. The summed E-state index contributed by atoms with van der Waals surface area (Å²) in [5.41, 5.74) is 12.6. The number of fused-ring (bicyclic) bond motifs is 1. The van der Waals surface area contributed by atoms with Crippen LogP contribution in [0, 0.1) is 13.8 Å². The molecule has 1 aliphatic heterocycles. The second-order valence-corrected chi connectivity index (χ2v) is 9.93. The van der Waals surface area contributed by atoms with E-state index in [1.807, 2.05) is 24.2 Å². The number of anilines is 3. The number of carboxylic acids is 1. The number of aliphatic carboxylic acids is 1. The maximum atomic E-state index is 11.1. The average molecular weight is 541 g/mol. The van der Waals surface area contributed by atoms with Crippen molar-refractivity contribution in [2.45, 2.75) is 39.8 Å². The summed E-state index contributed by atoms with van der Waals surface area (Å²) in [6, 6.07) is 19.1. The molecular formula is C27H34BrN5O2. The van der Waals surface area contributed by atoms with Gasteiger partial charge in [-0.15, -0.1) is 5.53 Å². The molecule has 0 amide bonds. The molecule has 0 aromatic heterocycles. The van der Waals surface area contributed by atoms with Crippen molar-refractivity contribution >= 4 is 39.0 Å². The van der Waals surface area contributed by atoms with Gasteiger partial charge in [-0.05, 0) is 85.5 Å². The Balaban J connectivity index is 0.00000342. The summed E-state index contributed by atoms with van der Waals surface area (Å²) in [6.07, 6.45) is 0.646. The van der Waals surface area contributed by atoms with E-state index in [1.54, 1.807) is 0 Å². The van der Waals surface area contributed by atoms with Gasteiger partial charge in [0.25, 0.3) is 0 Å². The lowest BCUT2D eigenvalue weighted by molar-refractivity contribution is -0.136. The number of halogens is 1. The van der Waals surface area contributed by atoms with Gasteiger partial charge in [0, 0.05) is 31.0 Å². The monoisotopic (exact) mass is 539 g/mol. The smallest absolute Gasteiger partial charge is 0.303 e. The number of hydrazine groups is 2. The third-order valence-electron chi connectivity index (χ3n) is 6.34. The lowest BCUT2D eigenvalue weighted by Gasteiger charge is -2.24. The first kappa shape index (κ1) is 26.7. The molecule has 0 bridgehead atoms. The van der Waals surface area contributed by atoms with Crippen LogP contribution in [0.1, 0.15) is 34.2 Å². The average Bonchev–Trinajstić information content (AvgIpc) is 3.12. The van der Waals surface area contributed by atoms with Crippen LogP contribution in [0.5, 0.6) is 0 Å². The van der Waals surface area contributed by atoms with Crippen molar-refractivity contribution < 1.29 is 9.90 Å². The van der Waals surface area contributed by atoms with Gasteiger partial charge < -0.3 is 11.3 Å². The third-order valence-corrected chi connectivity index (χ3v) is 6.83. The first-order valence-corrected chi connectivity index (χ1v) is 12.2. The Bertz CT molecular complexity index is 1220. The van der Waals surface area contributed by atoms with E-state index in [1.165, 1.54) is 16.7 Å². The van der Waals surface area contributed by atoms with Crippen LogP contribution in [0.25, 0.3) is 0 Å². The first-order chi connectivity index (χ1) is 16.2. The van der Waals surface area contributed by atoms with Gasteiger partial charge in [-0.1, -0.05) is 40.2 Å². The van der Waals surface area contributed by atoms with E-state index in [0.29, 0.717) is 6.42 Å². The molecule has 3 aromatic rings. The lowest BCUT2D eigenvalue weighted by atomic mass is 10.00. The Morgan fingerprint density at radius 3 is 2.54 bits per heavy atom. The number of nitrogens with one attached hydrogen (secondary N) is 1. The van der Waals surface area contributed by atoms with E-state index in [2.05, 4.69) is 94.7 Å². The molecule has 1 heterocycles. The van der Waals surface area contributed by atoms with Crippen molar-refractivity contribution in [3.05, 3.63) is 86.9 Å². The van der Waals surface area contributed by atoms with E-state index >= 15 is 0 Å². The molecule has 0 saturated heterocycles. The third kappa shape index (κ3) is 6.02. The molecular weight excluding hydrogens is 506 g/mol. The van der Waals surface area contributed by atoms with E-state index < -0.39 is 5.97 Å². The van der Waals surface area contributed by atoms with E-state index in [4.69, 9.17) is 5.11 Å². The number of carboxylic acid groups (broad SMARTS) is 1. The predicted molar refractivity (Wildman–Crippen MR) is 146 cm³/mol. The minimum atomic E-state index is -0.776. The molecule has 0 aliphatic carbocycles. The summed E-state index contributed by atoms with van der Waals surface area (Å²) in [5.74, 6) is -0.776. The highest BCUT2D eigenvalue weighted by molar-refractivity contribution is 9.10. The van der Waals surface area contributed by atoms with Gasteiger partial charge in [-0.25, -0.2) is 0 Å². The normalized spacial score (nSPS) is 12.6. The molecule has 0 saturated carbocycles. The van der Waals surface area contributed by atoms with Gasteiger partial charge >= 0.3 is 5.97 Å². The van der Waals surface area contributed by atoms with E-state index in [9.17, 15) is 4.79 Å². The van der Waals surface area contributed by atoms with Gasteiger partial charge in [0.1, 0.15) is 0 Å². The molecule has 5 N–H and O–H groups in total. The maximum Gasteiger partial charge on any atom is 0.303 e. The summed E-state index contributed by atoms with van der Waals surface area (Å²) in [7, 11) is 4.14. The molecule has 0 atom stereocenters. The van der Waals surface area contributed by atoms with Crippen LogP contribution < -0.4 is 21.7 Å². The summed E-state index contributed by atoms with van der Waals surface area (Å²) in [4.78, 5) is 13.4. The Morgan fingerprint density at radius 1 is 1.06 bits per heavy atom. The topological polar surface area (TPSA) is 94.1 Å². The van der Waals surface area contributed by atoms with Crippen LogP contribution in [0.3, 0.4) is 0 Å². The summed E-state index contributed by atoms with van der Waals surface area (Å²) in [6.45, 7) is 5.92. The molecule has 0 radical (unpaired) electrons. The minimum Gasteiger partial charge on any atom is -0.481 e. The molecule has 8 heteroatoms. The Kier molecular flexibility index (Phi) is 8.56. The zero-order valence-electron chi connectivity index (χ0n) is 20.8.